The number of primary amides is 1. The van der Waals surface area contributed by atoms with Gasteiger partial charge >= 0.3 is 0 Å². The molecule has 7 amide bonds. The van der Waals surface area contributed by atoms with Crippen molar-refractivity contribution in [2.45, 2.75) is 44.6 Å². The fourth-order valence-electron chi connectivity index (χ4n) is 3.83. The molecular weight excluding hydrogens is 474 g/mol. The molecule has 0 aliphatic carbocycles. The van der Waals surface area contributed by atoms with Gasteiger partial charge < -0.3 is 21.1 Å². The van der Waals surface area contributed by atoms with Gasteiger partial charge in [0, 0.05) is 32.4 Å². The van der Waals surface area contributed by atoms with E-state index in [0.717, 1.165) is 4.90 Å². The molecule has 13 heteroatoms. The van der Waals surface area contributed by atoms with Crippen LogP contribution in [-0.4, -0.2) is 72.0 Å². The molecule has 192 valence electrons. The van der Waals surface area contributed by atoms with Crippen molar-refractivity contribution in [3.63, 3.8) is 0 Å². The third-order valence-electron chi connectivity index (χ3n) is 5.63. The first-order valence-corrected chi connectivity index (χ1v) is 11.5. The molecule has 1 aromatic carbocycles. The van der Waals surface area contributed by atoms with Gasteiger partial charge in [-0.15, -0.1) is 0 Å². The molecule has 0 bridgehead atoms. The average molecular weight is 501 g/mol. The van der Waals surface area contributed by atoms with Crippen molar-refractivity contribution in [1.29, 1.82) is 0 Å². The number of piperidine rings is 1. The smallest absolute Gasteiger partial charge is 0.266 e. The van der Waals surface area contributed by atoms with E-state index in [9.17, 15) is 33.6 Å². The minimum atomic E-state index is -1.10. The zero-order valence-electron chi connectivity index (χ0n) is 19.5. The minimum Gasteiger partial charge on any atom is -0.483 e. The Morgan fingerprint density at radius 1 is 1.00 bits per heavy atom. The Balaban J connectivity index is 1.45. The quantitative estimate of drug-likeness (QED) is 0.201. The van der Waals surface area contributed by atoms with E-state index < -0.39 is 48.1 Å². The lowest BCUT2D eigenvalue weighted by molar-refractivity contribution is -0.136. The van der Waals surface area contributed by atoms with Crippen LogP contribution in [0.1, 0.15) is 59.2 Å². The fourth-order valence-corrected chi connectivity index (χ4v) is 3.83. The third kappa shape index (κ3) is 6.43. The summed E-state index contributed by atoms with van der Waals surface area (Å²) in [5.41, 5.74) is 5.00. The lowest BCUT2D eigenvalue weighted by Crippen LogP contribution is -2.54. The molecule has 1 fully saturated rings. The number of nitrogens with zero attached hydrogens (tertiary/aromatic N) is 1. The highest BCUT2D eigenvalue weighted by Gasteiger charge is 2.46. The Bertz CT molecular complexity index is 1100. The highest BCUT2D eigenvalue weighted by molar-refractivity contribution is 6.24. The molecular formula is C23H27N5O8. The number of ether oxygens (including phenoxy) is 1. The van der Waals surface area contributed by atoms with Gasteiger partial charge in [0.25, 0.3) is 17.7 Å². The second kappa shape index (κ2) is 11.9. The van der Waals surface area contributed by atoms with Crippen LogP contribution in [0.2, 0.25) is 0 Å². The van der Waals surface area contributed by atoms with E-state index in [2.05, 4.69) is 16.0 Å². The predicted octanol–water partition coefficient (Wildman–Crippen LogP) is -1.26. The van der Waals surface area contributed by atoms with Crippen LogP contribution in [0.5, 0.6) is 5.75 Å². The second-order valence-electron chi connectivity index (χ2n) is 8.29. The molecule has 13 nitrogen and oxygen atoms in total. The molecule has 5 N–H and O–H groups in total. The summed E-state index contributed by atoms with van der Waals surface area (Å²) in [6.07, 6.45) is 1.24. The largest absolute Gasteiger partial charge is 0.483 e. The molecule has 0 spiro atoms. The van der Waals surface area contributed by atoms with Crippen molar-refractivity contribution in [2.24, 2.45) is 5.73 Å². The van der Waals surface area contributed by atoms with Crippen molar-refractivity contribution in [3.05, 3.63) is 29.3 Å². The number of amides is 7. The molecule has 1 aromatic rings. The monoisotopic (exact) mass is 501 g/mol. The van der Waals surface area contributed by atoms with E-state index in [-0.39, 0.29) is 48.5 Å². The summed E-state index contributed by atoms with van der Waals surface area (Å²) in [6.45, 7) is 0.313. The van der Waals surface area contributed by atoms with E-state index in [4.69, 9.17) is 10.5 Å². The van der Waals surface area contributed by atoms with Gasteiger partial charge in [-0.1, -0.05) is 6.07 Å². The molecule has 1 unspecified atom stereocenters. The number of rotatable bonds is 12. The van der Waals surface area contributed by atoms with Gasteiger partial charge in [-0.3, -0.25) is 43.8 Å². The Labute approximate surface area is 206 Å². The molecule has 0 aromatic heterocycles. The van der Waals surface area contributed by atoms with Crippen molar-refractivity contribution >= 4 is 41.4 Å². The van der Waals surface area contributed by atoms with E-state index in [1.54, 1.807) is 0 Å². The number of hydrogen-bond donors (Lipinski definition) is 4. The Hall–Kier alpha value is -4.29. The second-order valence-corrected chi connectivity index (χ2v) is 8.29. The normalized spacial score (nSPS) is 16.9. The van der Waals surface area contributed by atoms with Gasteiger partial charge in [0.2, 0.25) is 23.6 Å². The van der Waals surface area contributed by atoms with Crippen LogP contribution in [0.15, 0.2) is 18.2 Å². The summed E-state index contributed by atoms with van der Waals surface area (Å²) in [5, 5.41) is 7.43. The molecule has 0 radical (unpaired) electrons. The molecule has 3 rings (SSSR count). The first-order chi connectivity index (χ1) is 17.2. The predicted molar refractivity (Wildman–Crippen MR) is 122 cm³/mol. The SMILES string of the molecule is NC(=O)CCC(=O)NCCCCNC(=O)COc1cccc2c1C(=O)N(C1CCC(=O)NC1=O)C2=O. The summed E-state index contributed by atoms with van der Waals surface area (Å²) < 4.78 is 5.50. The Morgan fingerprint density at radius 3 is 2.36 bits per heavy atom. The molecule has 2 aliphatic rings. The van der Waals surface area contributed by atoms with Crippen molar-refractivity contribution in [3.8, 4) is 5.75 Å². The number of imide groups is 2. The highest BCUT2D eigenvalue weighted by atomic mass is 16.5. The summed E-state index contributed by atoms with van der Waals surface area (Å²) in [4.78, 5) is 84.5. The van der Waals surface area contributed by atoms with E-state index >= 15 is 0 Å². The minimum absolute atomic E-state index is 0.00893. The molecule has 2 heterocycles. The van der Waals surface area contributed by atoms with Crippen LogP contribution in [0.3, 0.4) is 0 Å². The van der Waals surface area contributed by atoms with Crippen LogP contribution in [0.4, 0.5) is 0 Å². The molecule has 2 aliphatic heterocycles. The van der Waals surface area contributed by atoms with Crippen molar-refractivity contribution < 1.29 is 38.3 Å². The fraction of sp³-hybridized carbons (Fsp3) is 0.435. The number of fused-ring (bicyclic) bond motifs is 1. The number of nitrogens with one attached hydrogen (secondary N) is 3. The van der Waals surface area contributed by atoms with Crippen LogP contribution in [0, 0.1) is 0 Å². The number of carbonyl (C=O) groups is 7. The Morgan fingerprint density at radius 2 is 1.69 bits per heavy atom. The lowest BCUT2D eigenvalue weighted by atomic mass is 10.0. The summed E-state index contributed by atoms with van der Waals surface area (Å²) >= 11 is 0. The average Bonchev–Trinajstić information content (AvgIpc) is 3.09. The van der Waals surface area contributed by atoms with Gasteiger partial charge in [0.05, 0.1) is 11.1 Å². The van der Waals surface area contributed by atoms with Gasteiger partial charge in [0.1, 0.15) is 11.8 Å². The highest BCUT2D eigenvalue weighted by Crippen LogP contribution is 2.33. The standard InChI is InChI=1S/C23H27N5O8/c24-16(29)7-9-17(30)25-10-1-2-11-26-19(32)12-36-15-5-3-4-13-20(15)23(35)28(22(13)34)14-6-8-18(31)27-21(14)33/h3-5,14H,1-2,6-12H2,(H2,24,29)(H,25,30)(H,26,32)(H,27,31,33). The van der Waals surface area contributed by atoms with Crippen molar-refractivity contribution in [2.75, 3.05) is 19.7 Å². The van der Waals surface area contributed by atoms with Crippen LogP contribution < -0.4 is 26.4 Å². The number of benzene rings is 1. The van der Waals surface area contributed by atoms with Gasteiger partial charge in [-0.25, -0.2) is 0 Å². The summed E-state index contributed by atoms with van der Waals surface area (Å²) in [6, 6.07) is 3.29. The topological polar surface area (TPSA) is 194 Å². The van der Waals surface area contributed by atoms with Crippen LogP contribution in [0.25, 0.3) is 0 Å². The Kier molecular flexibility index (Phi) is 8.71. The number of nitrogens with two attached hydrogens (primary N) is 1. The van der Waals surface area contributed by atoms with Crippen LogP contribution >= 0.6 is 0 Å². The van der Waals surface area contributed by atoms with Gasteiger partial charge in [-0.05, 0) is 31.4 Å². The number of unbranched alkanes of at least 4 members (excludes halogenated alkanes) is 1. The van der Waals surface area contributed by atoms with Gasteiger partial charge in [-0.2, -0.15) is 0 Å². The summed E-state index contributed by atoms with van der Waals surface area (Å²) in [5.74, 6) is -3.80. The zero-order chi connectivity index (χ0) is 26.2. The molecule has 1 atom stereocenters. The van der Waals surface area contributed by atoms with E-state index in [1.807, 2.05) is 0 Å². The maximum Gasteiger partial charge on any atom is 0.266 e. The number of carbonyl (C=O) groups excluding carboxylic acids is 7. The van der Waals surface area contributed by atoms with Crippen LogP contribution in [-0.2, 0) is 24.0 Å². The maximum absolute atomic E-state index is 13.0. The lowest BCUT2D eigenvalue weighted by Gasteiger charge is -2.27. The first-order valence-electron chi connectivity index (χ1n) is 11.5. The first kappa shape index (κ1) is 26.3. The number of hydrogen-bond acceptors (Lipinski definition) is 8. The maximum atomic E-state index is 13.0. The van der Waals surface area contributed by atoms with E-state index in [1.165, 1.54) is 18.2 Å². The molecule has 0 saturated carbocycles. The van der Waals surface area contributed by atoms with Crippen molar-refractivity contribution in [1.82, 2.24) is 20.9 Å². The molecule has 36 heavy (non-hydrogen) atoms. The van der Waals surface area contributed by atoms with E-state index in [0.29, 0.717) is 25.9 Å². The molecule has 1 saturated heterocycles. The van der Waals surface area contributed by atoms with Gasteiger partial charge in [0.15, 0.2) is 6.61 Å². The summed E-state index contributed by atoms with van der Waals surface area (Å²) in [7, 11) is 0. The zero-order valence-corrected chi connectivity index (χ0v) is 19.5. The third-order valence-corrected chi connectivity index (χ3v) is 5.63.